The Morgan fingerprint density at radius 2 is 1.76 bits per heavy atom. The Labute approximate surface area is 228 Å². The third kappa shape index (κ3) is 7.44. The number of esters is 1. The summed E-state index contributed by atoms with van der Waals surface area (Å²) in [5, 5.41) is 3.45. The van der Waals surface area contributed by atoms with E-state index < -0.39 is 18.9 Å². The first-order valence-corrected chi connectivity index (χ1v) is 13.9. The van der Waals surface area contributed by atoms with Crippen LogP contribution in [0.15, 0.2) is 12.1 Å². The van der Waals surface area contributed by atoms with Crippen LogP contribution in [0.2, 0.25) is 5.02 Å². The first-order valence-electron chi connectivity index (χ1n) is 13.5. The number of hydrogen-bond acceptors (Lipinski definition) is 9. The molecule has 210 valence electrons. The number of methoxy groups -OCH3 is 1. The molecule has 2 heterocycles. The van der Waals surface area contributed by atoms with Gasteiger partial charge in [0.15, 0.2) is 0 Å². The molecule has 3 fully saturated rings. The van der Waals surface area contributed by atoms with Crippen molar-refractivity contribution in [3.8, 4) is 5.75 Å². The van der Waals surface area contributed by atoms with Crippen LogP contribution < -0.4 is 15.8 Å². The van der Waals surface area contributed by atoms with E-state index in [2.05, 4.69) is 10.2 Å². The molecule has 1 aliphatic carbocycles. The highest BCUT2D eigenvalue weighted by Gasteiger charge is 2.41. The zero-order valence-electron chi connectivity index (χ0n) is 21.9. The molecule has 2 atom stereocenters. The average molecular weight is 552 g/mol. The summed E-state index contributed by atoms with van der Waals surface area (Å²) in [6, 6.07) is 3.85. The van der Waals surface area contributed by atoms with Gasteiger partial charge in [0, 0.05) is 30.6 Å². The van der Waals surface area contributed by atoms with E-state index >= 15 is 0 Å². The number of carbonyl (C=O) groups is 3. The number of benzene rings is 1. The molecule has 4 rings (SSSR count). The lowest BCUT2D eigenvalue weighted by Gasteiger charge is -2.39. The van der Waals surface area contributed by atoms with Crippen molar-refractivity contribution >= 4 is 35.3 Å². The summed E-state index contributed by atoms with van der Waals surface area (Å²) in [7, 11) is 1.49. The van der Waals surface area contributed by atoms with E-state index in [0.717, 1.165) is 57.9 Å². The summed E-state index contributed by atoms with van der Waals surface area (Å²) >= 11 is 6.13. The van der Waals surface area contributed by atoms with E-state index in [1.807, 2.05) is 0 Å². The van der Waals surface area contributed by atoms with Gasteiger partial charge in [-0.05, 0) is 70.4 Å². The maximum Gasteiger partial charge on any atom is 0.511 e. The highest BCUT2D eigenvalue weighted by molar-refractivity contribution is 6.33. The van der Waals surface area contributed by atoms with Crippen LogP contribution in [0.4, 0.5) is 10.5 Å². The Morgan fingerprint density at radius 1 is 1.05 bits per heavy atom. The number of nitrogens with one attached hydrogen (secondary N) is 1. The fraction of sp³-hybridized carbons (Fsp3) is 0.667. The second-order valence-electron chi connectivity index (χ2n) is 10.3. The van der Waals surface area contributed by atoms with Crippen molar-refractivity contribution in [2.45, 2.75) is 94.9 Å². The molecular weight excluding hydrogens is 514 g/mol. The van der Waals surface area contributed by atoms with Gasteiger partial charge in [-0.2, -0.15) is 0 Å². The smallest absolute Gasteiger partial charge is 0.496 e. The van der Waals surface area contributed by atoms with Crippen LogP contribution in [0, 0.1) is 0 Å². The van der Waals surface area contributed by atoms with Gasteiger partial charge in [-0.25, -0.2) is 4.79 Å². The first kappa shape index (κ1) is 28.3. The fourth-order valence-electron chi connectivity index (χ4n) is 5.91. The minimum atomic E-state index is -0.783. The van der Waals surface area contributed by atoms with Crippen LogP contribution in [-0.4, -0.2) is 67.6 Å². The molecule has 38 heavy (non-hydrogen) atoms. The van der Waals surface area contributed by atoms with Gasteiger partial charge < -0.3 is 30.0 Å². The summed E-state index contributed by atoms with van der Waals surface area (Å²) in [5.41, 5.74) is 6.56. The number of nitrogen functional groups attached to an aromatic ring is 1. The molecule has 0 radical (unpaired) electrons. The number of amides is 1. The van der Waals surface area contributed by atoms with Gasteiger partial charge in [0.1, 0.15) is 11.9 Å². The third-order valence-electron chi connectivity index (χ3n) is 7.79. The number of nitrogens with two attached hydrogens (primary N) is 1. The summed E-state index contributed by atoms with van der Waals surface area (Å²) in [4.78, 5) is 39.2. The van der Waals surface area contributed by atoms with Crippen molar-refractivity contribution in [2.75, 3.05) is 26.2 Å². The molecule has 10 nitrogen and oxygen atoms in total. The lowest BCUT2D eigenvalue weighted by atomic mass is 9.96. The van der Waals surface area contributed by atoms with Crippen molar-refractivity contribution in [1.82, 2.24) is 10.2 Å². The number of anilines is 1. The number of ether oxygens (including phenoxy) is 4. The highest BCUT2D eigenvalue weighted by atomic mass is 35.5. The quantitative estimate of drug-likeness (QED) is 0.246. The van der Waals surface area contributed by atoms with Gasteiger partial charge in [-0.3, -0.25) is 14.5 Å². The molecule has 2 bridgehead atoms. The average Bonchev–Trinajstić information content (AvgIpc) is 3.13. The van der Waals surface area contributed by atoms with Crippen molar-refractivity contribution in [3.63, 3.8) is 0 Å². The fourth-order valence-corrected chi connectivity index (χ4v) is 6.07. The summed E-state index contributed by atoms with van der Waals surface area (Å²) in [5.74, 6) is -0.238. The second kappa shape index (κ2) is 13.4. The Hall–Kier alpha value is -2.72. The monoisotopic (exact) mass is 551 g/mol. The molecule has 2 aliphatic heterocycles. The van der Waals surface area contributed by atoms with Crippen LogP contribution >= 0.6 is 11.6 Å². The molecule has 3 aliphatic rings. The molecular formula is C27H38ClN3O7. The van der Waals surface area contributed by atoms with Crippen LogP contribution in [0.5, 0.6) is 5.75 Å². The Bertz CT molecular complexity index is 987. The van der Waals surface area contributed by atoms with Gasteiger partial charge in [0.2, 0.25) is 6.79 Å². The van der Waals surface area contributed by atoms with Crippen molar-refractivity contribution in [2.24, 2.45) is 0 Å². The third-order valence-corrected chi connectivity index (χ3v) is 8.12. The van der Waals surface area contributed by atoms with Crippen LogP contribution in [0.25, 0.3) is 0 Å². The van der Waals surface area contributed by atoms with Gasteiger partial charge in [0.25, 0.3) is 5.91 Å². The lowest BCUT2D eigenvalue weighted by Crippen LogP contribution is -2.50. The number of nitrogens with zero attached hydrogens (tertiary/aromatic N) is 1. The predicted molar refractivity (Wildman–Crippen MR) is 141 cm³/mol. The summed E-state index contributed by atoms with van der Waals surface area (Å²) in [6.07, 6.45) is 8.80. The molecule has 0 spiro atoms. The zero-order valence-corrected chi connectivity index (χ0v) is 22.7. The molecule has 1 saturated carbocycles. The standard InChI is InChI=1S/C27H38ClN3O7/c1-35-24-15-23(29)22(28)14-21(24)26(33)30-17-12-18-9-10-19(13-17)31(18)11-5-8-25(32)36-16-37-27(34)38-20-6-3-2-4-7-20/h14-15,17-20H,2-13,16,29H2,1H3,(H,30,33). The van der Waals surface area contributed by atoms with E-state index in [0.29, 0.717) is 40.5 Å². The van der Waals surface area contributed by atoms with Gasteiger partial charge in [0.05, 0.1) is 23.4 Å². The predicted octanol–water partition coefficient (Wildman–Crippen LogP) is 4.42. The number of fused-ring (bicyclic) bond motifs is 2. The SMILES string of the molecule is COc1cc(N)c(Cl)cc1C(=O)NC1CC2CCC(C1)N2CCCC(=O)OCOC(=O)OC1CCCCC1. The van der Waals surface area contributed by atoms with Crippen LogP contribution in [-0.2, 0) is 19.0 Å². The van der Waals surface area contributed by atoms with E-state index in [1.165, 1.54) is 13.5 Å². The number of hydrogen-bond donors (Lipinski definition) is 2. The van der Waals surface area contributed by atoms with Crippen molar-refractivity contribution < 1.29 is 33.3 Å². The lowest BCUT2D eigenvalue weighted by molar-refractivity contribution is -0.154. The highest BCUT2D eigenvalue weighted by Crippen LogP contribution is 2.36. The van der Waals surface area contributed by atoms with Gasteiger partial charge in [-0.1, -0.05) is 18.0 Å². The van der Waals surface area contributed by atoms with E-state index in [4.69, 9.17) is 36.3 Å². The number of carbonyl (C=O) groups excluding carboxylic acids is 3. The maximum atomic E-state index is 13.0. The number of piperidine rings is 1. The maximum absolute atomic E-state index is 13.0. The van der Waals surface area contributed by atoms with Gasteiger partial charge in [-0.15, -0.1) is 0 Å². The first-order chi connectivity index (χ1) is 18.3. The van der Waals surface area contributed by atoms with Crippen molar-refractivity contribution in [1.29, 1.82) is 0 Å². The topological polar surface area (TPSA) is 129 Å². The molecule has 2 unspecified atom stereocenters. The molecule has 0 aromatic heterocycles. The Morgan fingerprint density at radius 3 is 2.45 bits per heavy atom. The van der Waals surface area contributed by atoms with E-state index in [-0.39, 0.29) is 24.5 Å². The minimum absolute atomic E-state index is 0.0489. The zero-order chi connectivity index (χ0) is 27.1. The molecule has 11 heteroatoms. The minimum Gasteiger partial charge on any atom is -0.496 e. The number of halogens is 1. The normalized spacial score (nSPS) is 23.5. The van der Waals surface area contributed by atoms with E-state index in [1.54, 1.807) is 12.1 Å². The summed E-state index contributed by atoms with van der Waals surface area (Å²) < 4.78 is 20.5. The second-order valence-corrected chi connectivity index (χ2v) is 10.8. The Balaban J connectivity index is 1.15. The molecule has 2 saturated heterocycles. The molecule has 1 amide bonds. The molecule has 3 N–H and O–H groups in total. The van der Waals surface area contributed by atoms with E-state index in [9.17, 15) is 14.4 Å². The number of rotatable bonds is 10. The van der Waals surface area contributed by atoms with Crippen LogP contribution in [0.3, 0.4) is 0 Å². The summed E-state index contributed by atoms with van der Waals surface area (Å²) in [6.45, 7) is 0.349. The largest absolute Gasteiger partial charge is 0.511 e. The molecule has 1 aromatic rings. The van der Waals surface area contributed by atoms with Crippen LogP contribution in [0.1, 0.15) is 81.0 Å². The van der Waals surface area contributed by atoms with Gasteiger partial charge >= 0.3 is 12.1 Å². The Kier molecular flexibility index (Phi) is 9.96. The van der Waals surface area contributed by atoms with Crippen molar-refractivity contribution in [3.05, 3.63) is 22.7 Å². The molecule has 1 aromatic carbocycles.